The first-order valence-electron chi connectivity index (χ1n) is 9.96. The van der Waals surface area contributed by atoms with E-state index >= 15 is 0 Å². The number of aryl methyl sites for hydroxylation is 1. The highest BCUT2D eigenvalue weighted by molar-refractivity contribution is 6.33. The Balaban J connectivity index is 1.53. The van der Waals surface area contributed by atoms with Gasteiger partial charge in [-0.05, 0) is 54.9 Å². The molecule has 0 bridgehead atoms. The normalized spacial score (nSPS) is 13.8. The van der Waals surface area contributed by atoms with Crippen molar-refractivity contribution < 1.29 is 9.15 Å². The first kappa shape index (κ1) is 19.0. The topological polar surface area (TPSA) is 56.4 Å². The van der Waals surface area contributed by atoms with Crippen molar-refractivity contribution >= 4 is 22.6 Å². The molecule has 0 aliphatic carbocycles. The molecule has 4 aromatic rings. The number of furan rings is 1. The van der Waals surface area contributed by atoms with Crippen LogP contribution in [-0.2, 0) is 13.0 Å². The summed E-state index contributed by atoms with van der Waals surface area (Å²) in [6.45, 7) is 1.82. The smallest absolute Gasteiger partial charge is 0.255 e. The minimum atomic E-state index is -0.131. The number of ether oxygens (including phenoxy) is 1. The molecule has 0 radical (unpaired) electrons. The Hall–Kier alpha value is -3.02. The van der Waals surface area contributed by atoms with Crippen LogP contribution >= 0.6 is 11.6 Å². The first-order valence-corrected chi connectivity index (χ1v) is 10.3. The summed E-state index contributed by atoms with van der Waals surface area (Å²) in [4.78, 5) is 12.9. The fourth-order valence-electron chi connectivity index (χ4n) is 4.04. The average Bonchev–Trinajstić information content (AvgIpc) is 2.93. The predicted molar refractivity (Wildman–Crippen MR) is 119 cm³/mol. The third-order valence-electron chi connectivity index (χ3n) is 5.60. The number of fused-ring (bicyclic) bond motifs is 3. The minimum Gasteiger partial charge on any atom is -0.497 e. The molecule has 30 heavy (non-hydrogen) atoms. The van der Waals surface area contributed by atoms with Crippen molar-refractivity contribution in [2.24, 2.45) is 0 Å². The maximum absolute atomic E-state index is 12.9. The van der Waals surface area contributed by atoms with Crippen LogP contribution in [0.1, 0.15) is 17.7 Å². The van der Waals surface area contributed by atoms with Gasteiger partial charge in [0.15, 0.2) is 0 Å². The van der Waals surface area contributed by atoms with Gasteiger partial charge in [-0.15, -0.1) is 0 Å². The number of pyridine rings is 1. The predicted octanol–water partition coefficient (Wildman–Crippen LogP) is 4.95. The molecule has 152 valence electrons. The summed E-state index contributed by atoms with van der Waals surface area (Å²) in [6.07, 6.45) is 3.77. The maximum atomic E-state index is 12.9. The Labute approximate surface area is 178 Å². The van der Waals surface area contributed by atoms with Gasteiger partial charge in [-0.25, -0.2) is 0 Å². The molecule has 5 rings (SSSR count). The van der Waals surface area contributed by atoms with Crippen LogP contribution < -0.4 is 15.6 Å². The van der Waals surface area contributed by atoms with Gasteiger partial charge in [-0.2, -0.15) is 0 Å². The van der Waals surface area contributed by atoms with E-state index in [-0.39, 0.29) is 5.56 Å². The van der Waals surface area contributed by atoms with Gasteiger partial charge < -0.3 is 14.5 Å². The van der Waals surface area contributed by atoms with E-state index in [1.165, 1.54) is 5.56 Å². The van der Waals surface area contributed by atoms with Gasteiger partial charge in [-0.1, -0.05) is 11.6 Å². The summed E-state index contributed by atoms with van der Waals surface area (Å²) in [7, 11) is 1.59. The second-order valence-corrected chi connectivity index (χ2v) is 7.84. The van der Waals surface area contributed by atoms with Crippen molar-refractivity contribution in [3.05, 3.63) is 81.4 Å². The summed E-state index contributed by atoms with van der Waals surface area (Å²) in [5.41, 5.74) is 4.24. The summed E-state index contributed by atoms with van der Waals surface area (Å²) in [5.74, 6) is 1.72. The fourth-order valence-corrected chi connectivity index (χ4v) is 4.32. The summed E-state index contributed by atoms with van der Waals surface area (Å²) >= 11 is 6.37. The van der Waals surface area contributed by atoms with Gasteiger partial charge in [0.1, 0.15) is 17.1 Å². The van der Waals surface area contributed by atoms with Gasteiger partial charge >= 0.3 is 0 Å². The Bertz CT molecular complexity index is 1310. The molecule has 1 aliphatic rings. The first-order chi connectivity index (χ1) is 14.6. The number of hydrogen-bond acceptors (Lipinski definition) is 4. The molecule has 3 heterocycles. The average molecular weight is 421 g/mol. The molecule has 1 N–H and O–H groups in total. The SMILES string of the molecule is COc1ccc(-c2ccn(-c3ccc4c5c(oc4c3)CCCNC5)c(=O)c2)c(Cl)c1. The Morgan fingerprint density at radius 1 is 1.13 bits per heavy atom. The molecule has 1 aliphatic heterocycles. The van der Waals surface area contributed by atoms with Crippen LogP contribution in [-0.4, -0.2) is 18.2 Å². The molecular formula is C24H21ClN2O3. The lowest BCUT2D eigenvalue weighted by Gasteiger charge is -2.10. The van der Waals surface area contributed by atoms with Crippen molar-refractivity contribution in [1.29, 1.82) is 0 Å². The van der Waals surface area contributed by atoms with Crippen molar-refractivity contribution in [2.45, 2.75) is 19.4 Å². The van der Waals surface area contributed by atoms with E-state index in [1.807, 2.05) is 36.4 Å². The number of nitrogens with one attached hydrogen (secondary N) is 1. The summed E-state index contributed by atoms with van der Waals surface area (Å²) in [6, 6.07) is 14.9. The van der Waals surface area contributed by atoms with Crippen LogP contribution in [0.5, 0.6) is 5.75 Å². The third kappa shape index (κ3) is 3.30. The lowest BCUT2D eigenvalue weighted by atomic mass is 10.1. The number of benzene rings is 2. The highest BCUT2D eigenvalue weighted by Crippen LogP contribution is 2.32. The fraction of sp³-hybridized carbons (Fsp3) is 0.208. The van der Waals surface area contributed by atoms with Gasteiger partial charge in [0, 0.05) is 47.8 Å². The summed E-state index contributed by atoms with van der Waals surface area (Å²) in [5, 5.41) is 5.09. The Kier molecular flexibility index (Phi) is 4.85. The minimum absolute atomic E-state index is 0.131. The molecule has 0 saturated carbocycles. The zero-order valence-electron chi connectivity index (χ0n) is 16.6. The number of aromatic nitrogens is 1. The van der Waals surface area contributed by atoms with Gasteiger partial charge in [-0.3, -0.25) is 9.36 Å². The Morgan fingerprint density at radius 2 is 2.03 bits per heavy atom. The number of hydrogen-bond donors (Lipinski definition) is 1. The van der Waals surface area contributed by atoms with Crippen LogP contribution in [0.3, 0.4) is 0 Å². The number of halogens is 1. The van der Waals surface area contributed by atoms with E-state index < -0.39 is 0 Å². The molecule has 0 amide bonds. The van der Waals surface area contributed by atoms with Crippen molar-refractivity contribution in [3.63, 3.8) is 0 Å². The molecule has 0 fully saturated rings. The highest BCUT2D eigenvalue weighted by Gasteiger charge is 2.17. The molecule has 0 saturated heterocycles. The molecule has 2 aromatic heterocycles. The quantitative estimate of drug-likeness (QED) is 0.509. The largest absolute Gasteiger partial charge is 0.497 e. The molecule has 2 aromatic carbocycles. The van der Waals surface area contributed by atoms with E-state index in [1.54, 1.807) is 30.0 Å². The van der Waals surface area contributed by atoms with Crippen LogP contribution in [0.15, 0.2) is 63.9 Å². The molecule has 0 unspecified atom stereocenters. The molecule has 0 atom stereocenters. The second-order valence-electron chi connectivity index (χ2n) is 7.43. The van der Waals surface area contributed by atoms with Gasteiger partial charge in [0.2, 0.25) is 0 Å². The van der Waals surface area contributed by atoms with Crippen LogP contribution in [0.4, 0.5) is 0 Å². The molecular weight excluding hydrogens is 400 g/mol. The zero-order valence-corrected chi connectivity index (χ0v) is 17.3. The van der Waals surface area contributed by atoms with E-state index in [0.29, 0.717) is 10.8 Å². The lowest BCUT2D eigenvalue weighted by molar-refractivity contribution is 0.415. The summed E-state index contributed by atoms with van der Waals surface area (Å²) < 4.78 is 12.9. The zero-order chi connectivity index (χ0) is 20.7. The van der Waals surface area contributed by atoms with E-state index in [4.69, 9.17) is 20.8 Å². The van der Waals surface area contributed by atoms with Crippen molar-refractivity contribution in [2.75, 3.05) is 13.7 Å². The van der Waals surface area contributed by atoms with Gasteiger partial charge in [0.05, 0.1) is 17.8 Å². The maximum Gasteiger partial charge on any atom is 0.255 e. The van der Waals surface area contributed by atoms with E-state index in [2.05, 4.69) is 5.32 Å². The number of rotatable bonds is 3. The highest BCUT2D eigenvalue weighted by atomic mass is 35.5. The van der Waals surface area contributed by atoms with Crippen LogP contribution in [0.2, 0.25) is 5.02 Å². The second kappa shape index (κ2) is 7.67. The van der Waals surface area contributed by atoms with Gasteiger partial charge in [0.25, 0.3) is 5.56 Å². The third-order valence-corrected chi connectivity index (χ3v) is 5.92. The van der Waals surface area contributed by atoms with E-state index in [9.17, 15) is 4.79 Å². The van der Waals surface area contributed by atoms with Crippen LogP contribution in [0.25, 0.3) is 27.8 Å². The standard InChI is InChI=1S/C24H21ClN2O3/c1-29-17-5-7-18(21(25)13-17)15-8-10-27(24(28)11-15)16-4-6-19-20-14-26-9-2-3-22(20)30-23(19)12-16/h4-8,10-13,26H,2-3,9,14H2,1H3. The van der Waals surface area contributed by atoms with Crippen molar-refractivity contribution in [3.8, 4) is 22.6 Å². The lowest BCUT2D eigenvalue weighted by Crippen LogP contribution is -2.16. The van der Waals surface area contributed by atoms with E-state index in [0.717, 1.165) is 59.5 Å². The monoisotopic (exact) mass is 420 g/mol. The molecule has 5 nitrogen and oxygen atoms in total. The molecule has 0 spiro atoms. The molecule has 6 heteroatoms. The van der Waals surface area contributed by atoms with Crippen molar-refractivity contribution in [1.82, 2.24) is 9.88 Å². The number of nitrogens with zero attached hydrogens (tertiary/aromatic N) is 1. The van der Waals surface area contributed by atoms with Crippen LogP contribution in [0, 0.1) is 0 Å². The number of methoxy groups -OCH3 is 1. The Morgan fingerprint density at radius 3 is 2.83 bits per heavy atom.